The van der Waals surface area contributed by atoms with Crippen LogP contribution >= 0.6 is 0 Å². The number of aryl methyl sites for hydroxylation is 2. The molecule has 0 aliphatic heterocycles. The van der Waals surface area contributed by atoms with Crippen LogP contribution in [0.15, 0.2) is 17.7 Å². The maximum Gasteiger partial charge on any atom is 0.206 e. The second-order valence-corrected chi connectivity index (χ2v) is 4.30. The van der Waals surface area contributed by atoms with Crippen molar-refractivity contribution in [1.82, 2.24) is 9.78 Å². The summed E-state index contributed by atoms with van der Waals surface area (Å²) in [6.07, 6.45) is 7.27. The molecule has 1 aromatic rings. The van der Waals surface area contributed by atoms with E-state index < -0.39 is 0 Å². The fourth-order valence-electron chi connectivity index (χ4n) is 2.12. The van der Waals surface area contributed by atoms with Crippen LogP contribution in [0.25, 0.3) is 0 Å². The number of ketones is 1. The van der Waals surface area contributed by atoms with Gasteiger partial charge in [0.05, 0.1) is 5.69 Å². The van der Waals surface area contributed by atoms with E-state index in [-0.39, 0.29) is 5.78 Å². The first-order valence-electron chi connectivity index (χ1n) is 5.99. The summed E-state index contributed by atoms with van der Waals surface area (Å²) in [5, 5.41) is 4.31. The van der Waals surface area contributed by atoms with Crippen LogP contribution in [0.1, 0.15) is 48.8 Å². The van der Waals surface area contributed by atoms with Crippen molar-refractivity contribution in [1.29, 1.82) is 0 Å². The monoisotopic (exact) mass is 218 g/mol. The molecule has 3 nitrogen and oxygen atoms in total. The minimum atomic E-state index is 0.161. The normalized spacial score (nSPS) is 16.0. The van der Waals surface area contributed by atoms with Gasteiger partial charge in [-0.25, -0.2) is 0 Å². The van der Waals surface area contributed by atoms with Crippen molar-refractivity contribution in [3.05, 3.63) is 29.1 Å². The van der Waals surface area contributed by atoms with Gasteiger partial charge in [-0.3, -0.25) is 9.48 Å². The van der Waals surface area contributed by atoms with Gasteiger partial charge in [0.25, 0.3) is 0 Å². The molecular weight excluding hydrogens is 200 g/mol. The number of rotatable bonds is 3. The maximum atomic E-state index is 12.2. The van der Waals surface area contributed by atoms with E-state index in [4.69, 9.17) is 0 Å². The fraction of sp³-hybridized carbons (Fsp3) is 0.538. The number of allylic oxidation sites excluding steroid dienone is 2. The molecule has 1 aliphatic rings. The SMILES string of the molecule is CCc1cc(C(=O)C2=CCCCC2)n(C)n1. The second kappa shape index (κ2) is 4.64. The first kappa shape index (κ1) is 11.1. The molecule has 0 bridgehead atoms. The molecule has 16 heavy (non-hydrogen) atoms. The molecule has 3 heteroatoms. The van der Waals surface area contributed by atoms with Gasteiger partial charge in [0.1, 0.15) is 5.69 Å². The highest BCUT2D eigenvalue weighted by Gasteiger charge is 2.18. The van der Waals surface area contributed by atoms with Crippen LogP contribution in [0.3, 0.4) is 0 Å². The molecule has 0 saturated carbocycles. The number of nitrogens with zero attached hydrogens (tertiary/aromatic N) is 2. The van der Waals surface area contributed by atoms with E-state index in [0.717, 1.165) is 42.6 Å². The minimum absolute atomic E-state index is 0.161. The second-order valence-electron chi connectivity index (χ2n) is 4.30. The van der Waals surface area contributed by atoms with E-state index in [2.05, 4.69) is 18.1 Å². The number of Topliss-reactive ketones (excluding diaryl/α,β-unsaturated/α-hetero) is 1. The fourth-order valence-corrected chi connectivity index (χ4v) is 2.12. The highest BCUT2D eigenvalue weighted by Crippen LogP contribution is 2.21. The first-order valence-corrected chi connectivity index (χ1v) is 5.99. The van der Waals surface area contributed by atoms with Crippen LogP contribution in [0.4, 0.5) is 0 Å². The Morgan fingerprint density at radius 3 is 2.88 bits per heavy atom. The molecule has 2 rings (SSSR count). The van der Waals surface area contributed by atoms with Gasteiger partial charge in [0.2, 0.25) is 5.78 Å². The third-order valence-electron chi connectivity index (χ3n) is 3.11. The zero-order valence-electron chi connectivity index (χ0n) is 9.99. The van der Waals surface area contributed by atoms with Gasteiger partial charge in [-0.15, -0.1) is 0 Å². The highest BCUT2D eigenvalue weighted by atomic mass is 16.1. The summed E-state index contributed by atoms with van der Waals surface area (Å²) in [4.78, 5) is 12.2. The van der Waals surface area contributed by atoms with Gasteiger partial charge in [-0.1, -0.05) is 13.0 Å². The Bertz CT molecular complexity index is 429. The minimum Gasteiger partial charge on any atom is -0.287 e. The predicted molar refractivity (Wildman–Crippen MR) is 63.5 cm³/mol. The quantitative estimate of drug-likeness (QED) is 0.731. The average molecular weight is 218 g/mol. The molecule has 86 valence electrons. The van der Waals surface area contributed by atoms with E-state index in [1.54, 1.807) is 4.68 Å². The molecule has 0 radical (unpaired) electrons. The van der Waals surface area contributed by atoms with Gasteiger partial charge in [0, 0.05) is 7.05 Å². The van der Waals surface area contributed by atoms with Crippen molar-refractivity contribution in [3.63, 3.8) is 0 Å². The largest absolute Gasteiger partial charge is 0.287 e. The van der Waals surface area contributed by atoms with Crippen LogP contribution in [-0.4, -0.2) is 15.6 Å². The van der Waals surface area contributed by atoms with Crippen LogP contribution in [0, 0.1) is 0 Å². The lowest BCUT2D eigenvalue weighted by Gasteiger charge is -2.11. The van der Waals surface area contributed by atoms with Crippen molar-refractivity contribution in [2.24, 2.45) is 7.05 Å². The molecule has 0 aromatic carbocycles. The predicted octanol–water partition coefficient (Wildman–Crippen LogP) is 2.67. The highest BCUT2D eigenvalue weighted by molar-refractivity contribution is 6.07. The number of hydrogen-bond acceptors (Lipinski definition) is 2. The molecule has 0 saturated heterocycles. The van der Waals surface area contributed by atoms with Crippen LogP contribution < -0.4 is 0 Å². The molecule has 0 N–H and O–H groups in total. The molecule has 0 spiro atoms. The molecule has 1 aliphatic carbocycles. The molecule has 0 unspecified atom stereocenters. The third kappa shape index (κ3) is 2.08. The molecule has 1 aromatic heterocycles. The lowest BCUT2D eigenvalue weighted by molar-refractivity contribution is 0.102. The topological polar surface area (TPSA) is 34.9 Å². The lowest BCUT2D eigenvalue weighted by atomic mass is 9.95. The van der Waals surface area contributed by atoms with Crippen LogP contribution in [0.5, 0.6) is 0 Å². The Kier molecular flexibility index (Phi) is 3.22. The number of aromatic nitrogens is 2. The van der Waals surface area contributed by atoms with Gasteiger partial charge in [-0.05, 0) is 43.7 Å². The number of hydrogen-bond donors (Lipinski definition) is 0. The van der Waals surface area contributed by atoms with Gasteiger partial charge < -0.3 is 0 Å². The summed E-state index contributed by atoms with van der Waals surface area (Å²) in [5.74, 6) is 0.161. The zero-order valence-corrected chi connectivity index (χ0v) is 9.99. The Labute approximate surface area is 96.2 Å². The van der Waals surface area contributed by atoms with E-state index in [0.29, 0.717) is 0 Å². The number of carbonyl (C=O) groups is 1. The van der Waals surface area contributed by atoms with E-state index >= 15 is 0 Å². The third-order valence-corrected chi connectivity index (χ3v) is 3.11. The Morgan fingerprint density at radius 2 is 2.31 bits per heavy atom. The summed E-state index contributed by atoms with van der Waals surface area (Å²) in [6, 6.07) is 1.91. The van der Waals surface area contributed by atoms with E-state index in [1.807, 2.05) is 13.1 Å². The molecule has 0 atom stereocenters. The van der Waals surface area contributed by atoms with Gasteiger partial charge >= 0.3 is 0 Å². The summed E-state index contributed by atoms with van der Waals surface area (Å²) in [5.41, 5.74) is 2.68. The Balaban J connectivity index is 2.25. The lowest BCUT2D eigenvalue weighted by Crippen LogP contribution is -2.11. The zero-order chi connectivity index (χ0) is 11.5. The summed E-state index contributed by atoms with van der Waals surface area (Å²) < 4.78 is 1.70. The van der Waals surface area contributed by atoms with Crippen molar-refractivity contribution in [2.45, 2.75) is 39.0 Å². The standard InChI is InChI=1S/C13H18N2O/c1-3-11-9-12(15(2)14-11)13(16)10-7-5-4-6-8-10/h7,9H,3-6,8H2,1-2H3. The smallest absolute Gasteiger partial charge is 0.206 e. The van der Waals surface area contributed by atoms with Crippen molar-refractivity contribution in [2.75, 3.05) is 0 Å². The Morgan fingerprint density at radius 1 is 1.50 bits per heavy atom. The maximum absolute atomic E-state index is 12.2. The molecular formula is C13H18N2O. The first-order chi connectivity index (χ1) is 7.72. The Hall–Kier alpha value is -1.38. The van der Waals surface area contributed by atoms with Crippen LogP contribution in [-0.2, 0) is 13.5 Å². The summed E-state index contributed by atoms with van der Waals surface area (Å²) in [6.45, 7) is 2.05. The van der Waals surface area contributed by atoms with Crippen molar-refractivity contribution >= 4 is 5.78 Å². The van der Waals surface area contributed by atoms with E-state index in [9.17, 15) is 4.79 Å². The van der Waals surface area contributed by atoms with Crippen LogP contribution in [0.2, 0.25) is 0 Å². The molecule has 1 heterocycles. The van der Waals surface area contributed by atoms with Gasteiger partial charge in [-0.2, -0.15) is 5.10 Å². The van der Waals surface area contributed by atoms with Crippen molar-refractivity contribution in [3.8, 4) is 0 Å². The molecule has 0 amide bonds. The van der Waals surface area contributed by atoms with Crippen molar-refractivity contribution < 1.29 is 4.79 Å². The summed E-state index contributed by atoms with van der Waals surface area (Å²) >= 11 is 0. The average Bonchev–Trinajstić information content (AvgIpc) is 2.71. The van der Waals surface area contributed by atoms with Gasteiger partial charge in [0.15, 0.2) is 0 Å². The molecule has 0 fully saturated rings. The number of carbonyl (C=O) groups excluding carboxylic acids is 1. The summed E-state index contributed by atoms with van der Waals surface area (Å²) in [7, 11) is 1.84. The van der Waals surface area contributed by atoms with E-state index in [1.165, 1.54) is 6.42 Å².